The smallest absolute Gasteiger partial charge is 0.250 e. The number of carbonyl (C=O) groups excluding carboxylic acids is 1. The van der Waals surface area contributed by atoms with Gasteiger partial charge in [0.25, 0.3) is 5.91 Å². The summed E-state index contributed by atoms with van der Waals surface area (Å²) < 4.78 is 0. The van der Waals surface area contributed by atoms with Crippen LogP contribution in [0.2, 0.25) is 0 Å². The summed E-state index contributed by atoms with van der Waals surface area (Å²) in [7, 11) is 3.14. The summed E-state index contributed by atoms with van der Waals surface area (Å²) in [6, 6.07) is 1.79. The molecule has 0 radical (unpaired) electrons. The van der Waals surface area contributed by atoms with Crippen molar-refractivity contribution in [1.29, 1.82) is 0 Å². The lowest BCUT2D eigenvalue weighted by atomic mass is 9.97. The third-order valence-corrected chi connectivity index (χ3v) is 3.19. The number of amides is 1. The van der Waals surface area contributed by atoms with E-state index in [2.05, 4.69) is 14.9 Å². The Kier molecular flexibility index (Phi) is 4.09. The number of anilines is 1. The molecule has 1 aliphatic rings. The maximum absolute atomic E-state index is 12.0. The van der Waals surface area contributed by atoms with Gasteiger partial charge in [0.1, 0.15) is 0 Å². The van der Waals surface area contributed by atoms with Crippen molar-refractivity contribution in [3.8, 4) is 0 Å². The molecule has 6 nitrogen and oxygen atoms in total. The molecule has 0 aromatic carbocycles. The summed E-state index contributed by atoms with van der Waals surface area (Å²) in [5.74, 6) is 0.653. The fourth-order valence-corrected chi connectivity index (χ4v) is 2.16. The Hall–Kier alpha value is -1.69. The Morgan fingerprint density at radius 1 is 1.50 bits per heavy atom. The van der Waals surface area contributed by atoms with E-state index in [0.717, 1.165) is 19.4 Å². The topological polar surface area (TPSA) is 58.6 Å². The van der Waals surface area contributed by atoms with Gasteiger partial charge in [0.05, 0.1) is 13.0 Å². The Balaban J connectivity index is 2.03. The first-order chi connectivity index (χ1) is 8.72. The molecule has 1 saturated heterocycles. The van der Waals surface area contributed by atoms with Crippen molar-refractivity contribution in [2.45, 2.75) is 12.8 Å². The van der Waals surface area contributed by atoms with Gasteiger partial charge in [-0.25, -0.2) is 15.0 Å². The quantitative estimate of drug-likeness (QED) is 0.740. The highest BCUT2D eigenvalue weighted by molar-refractivity contribution is 5.78. The number of aromatic nitrogens is 2. The Morgan fingerprint density at radius 3 is 2.89 bits per heavy atom. The number of hydrogen-bond acceptors (Lipinski definition) is 5. The van der Waals surface area contributed by atoms with Crippen LogP contribution in [0.5, 0.6) is 0 Å². The monoisotopic (exact) mass is 250 g/mol. The predicted molar refractivity (Wildman–Crippen MR) is 66.7 cm³/mol. The van der Waals surface area contributed by atoms with Crippen molar-refractivity contribution in [3.05, 3.63) is 18.5 Å². The zero-order valence-corrected chi connectivity index (χ0v) is 10.7. The third-order valence-electron chi connectivity index (χ3n) is 3.19. The predicted octanol–water partition coefficient (Wildman–Crippen LogP) is 0.713. The molecule has 2 rings (SSSR count). The first kappa shape index (κ1) is 12.8. The van der Waals surface area contributed by atoms with Crippen LogP contribution in [0.25, 0.3) is 0 Å². The molecule has 0 saturated carbocycles. The van der Waals surface area contributed by atoms with Gasteiger partial charge in [-0.3, -0.25) is 9.63 Å². The van der Waals surface area contributed by atoms with E-state index in [1.165, 1.54) is 12.2 Å². The molecule has 1 amide bonds. The van der Waals surface area contributed by atoms with E-state index in [4.69, 9.17) is 4.84 Å². The zero-order valence-electron chi connectivity index (χ0n) is 10.7. The van der Waals surface area contributed by atoms with Gasteiger partial charge in [-0.1, -0.05) is 0 Å². The van der Waals surface area contributed by atoms with Crippen LogP contribution >= 0.6 is 0 Å². The number of carbonyl (C=O) groups is 1. The number of hydrogen-bond donors (Lipinski definition) is 0. The van der Waals surface area contributed by atoms with E-state index < -0.39 is 0 Å². The molecule has 1 aromatic heterocycles. The molecule has 0 N–H and O–H groups in total. The lowest BCUT2D eigenvalue weighted by Crippen LogP contribution is -2.44. The van der Waals surface area contributed by atoms with Gasteiger partial charge < -0.3 is 4.90 Å². The highest BCUT2D eigenvalue weighted by Gasteiger charge is 2.29. The average molecular weight is 250 g/mol. The van der Waals surface area contributed by atoms with E-state index in [9.17, 15) is 4.79 Å². The van der Waals surface area contributed by atoms with Crippen molar-refractivity contribution in [2.24, 2.45) is 5.92 Å². The van der Waals surface area contributed by atoms with Crippen LogP contribution in [0, 0.1) is 5.92 Å². The summed E-state index contributed by atoms with van der Waals surface area (Å²) in [6.45, 7) is 1.54. The van der Waals surface area contributed by atoms with Crippen molar-refractivity contribution >= 4 is 11.9 Å². The Bertz CT molecular complexity index is 398. The van der Waals surface area contributed by atoms with Crippen molar-refractivity contribution in [2.75, 3.05) is 32.1 Å². The van der Waals surface area contributed by atoms with Gasteiger partial charge in [0.15, 0.2) is 0 Å². The first-order valence-corrected chi connectivity index (χ1v) is 6.06. The van der Waals surface area contributed by atoms with Crippen LogP contribution in [-0.4, -0.2) is 48.2 Å². The highest BCUT2D eigenvalue weighted by Crippen LogP contribution is 2.21. The molecule has 2 heterocycles. The molecular formula is C12H18N4O2. The van der Waals surface area contributed by atoms with E-state index in [-0.39, 0.29) is 11.8 Å². The first-order valence-electron chi connectivity index (χ1n) is 6.06. The molecule has 98 valence electrons. The molecule has 0 spiro atoms. The summed E-state index contributed by atoms with van der Waals surface area (Å²) in [5.41, 5.74) is 0. The molecular weight excluding hydrogens is 232 g/mol. The van der Waals surface area contributed by atoms with Gasteiger partial charge >= 0.3 is 0 Å². The minimum absolute atomic E-state index is 0.0122. The van der Waals surface area contributed by atoms with Crippen LogP contribution in [0.3, 0.4) is 0 Å². The van der Waals surface area contributed by atoms with E-state index in [0.29, 0.717) is 12.5 Å². The van der Waals surface area contributed by atoms with Crippen molar-refractivity contribution in [3.63, 3.8) is 0 Å². The zero-order chi connectivity index (χ0) is 13.0. The van der Waals surface area contributed by atoms with Crippen molar-refractivity contribution in [1.82, 2.24) is 15.0 Å². The van der Waals surface area contributed by atoms with Crippen LogP contribution in [0.1, 0.15) is 12.8 Å². The van der Waals surface area contributed by atoms with Gasteiger partial charge in [-0.05, 0) is 18.9 Å². The van der Waals surface area contributed by atoms with Crippen LogP contribution in [0.4, 0.5) is 5.95 Å². The molecule has 1 aliphatic heterocycles. The fraction of sp³-hybridized carbons (Fsp3) is 0.583. The molecule has 6 heteroatoms. The highest BCUT2D eigenvalue weighted by atomic mass is 16.7. The van der Waals surface area contributed by atoms with Gasteiger partial charge in [0, 0.05) is 32.5 Å². The second kappa shape index (κ2) is 5.77. The largest absolute Gasteiger partial charge is 0.340 e. The van der Waals surface area contributed by atoms with Crippen molar-refractivity contribution < 1.29 is 9.63 Å². The molecule has 0 unspecified atom stereocenters. The fourth-order valence-electron chi connectivity index (χ4n) is 2.16. The maximum Gasteiger partial charge on any atom is 0.250 e. The minimum atomic E-state index is -0.0486. The number of rotatable bonds is 3. The summed E-state index contributed by atoms with van der Waals surface area (Å²) >= 11 is 0. The van der Waals surface area contributed by atoms with Crippen LogP contribution in [-0.2, 0) is 9.63 Å². The minimum Gasteiger partial charge on any atom is -0.340 e. The molecule has 0 bridgehead atoms. The number of hydroxylamine groups is 2. The summed E-state index contributed by atoms with van der Waals surface area (Å²) in [5, 5.41) is 1.29. The van der Waals surface area contributed by atoms with Crippen LogP contribution < -0.4 is 4.90 Å². The summed E-state index contributed by atoms with van der Waals surface area (Å²) in [6.07, 6.45) is 5.28. The number of nitrogens with zero attached hydrogens (tertiary/aromatic N) is 4. The second-order valence-corrected chi connectivity index (χ2v) is 4.35. The molecule has 18 heavy (non-hydrogen) atoms. The summed E-state index contributed by atoms with van der Waals surface area (Å²) in [4.78, 5) is 27.5. The van der Waals surface area contributed by atoms with Crippen LogP contribution in [0.15, 0.2) is 18.5 Å². The lowest BCUT2D eigenvalue weighted by Gasteiger charge is -2.33. The molecule has 0 aliphatic carbocycles. The molecule has 1 aromatic rings. The Labute approximate surface area is 107 Å². The average Bonchev–Trinajstić information content (AvgIpc) is 2.46. The number of piperidine rings is 1. The molecule has 1 fully saturated rings. The van der Waals surface area contributed by atoms with E-state index >= 15 is 0 Å². The normalized spacial score (nSPS) is 19.7. The van der Waals surface area contributed by atoms with Gasteiger partial charge in [0.2, 0.25) is 5.95 Å². The van der Waals surface area contributed by atoms with E-state index in [1.54, 1.807) is 25.5 Å². The third kappa shape index (κ3) is 2.76. The maximum atomic E-state index is 12.0. The second-order valence-electron chi connectivity index (χ2n) is 4.35. The Morgan fingerprint density at radius 2 is 2.22 bits per heavy atom. The lowest BCUT2D eigenvalue weighted by molar-refractivity contribution is -0.173. The van der Waals surface area contributed by atoms with E-state index in [1.807, 2.05) is 0 Å². The standard InChI is InChI=1S/C12H18N4O2/c1-15(18-2)11(17)10-5-3-8-16(9-10)12-13-6-4-7-14-12/h4,6-7,10H,3,5,8-9H2,1-2H3/t10-/m1/s1. The molecule has 1 atom stereocenters. The van der Waals surface area contributed by atoms with Gasteiger partial charge in [-0.2, -0.15) is 0 Å². The van der Waals surface area contributed by atoms with Gasteiger partial charge in [-0.15, -0.1) is 0 Å². The SMILES string of the molecule is CON(C)C(=O)[C@@H]1CCCN(c2ncccn2)C1.